The van der Waals surface area contributed by atoms with Crippen molar-refractivity contribution < 1.29 is 0 Å². The predicted octanol–water partition coefficient (Wildman–Crippen LogP) is 1.50. The van der Waals surface area contributed by atoms with Crippen LogP contribution in [0, 0.1) is 6.92 Å². The molecule has 0 spiro atoms. The molecule has 14 heavy (non-hydrogen) atoms. The fraction of sp³-hybridized carbons (Fsp3) is 0.286. The Morgan fingerprint density at radius 2 is 2.36 bits per heavy atom. The van der Waals surface area contributed by atoms with Gasteiger partial charge in [-0.15, -0.1) is 11.3 Å². The maximum atomic E-state index is 5.39. The van der Waals surface area contributed by atoms with Crippen LogP contribution in [0.3, 0.4) is 0 Å². The highest BCUT2D eigenvalue weighted by Crippen LogP contribution is 2.14. The minimum Gasteiger partial charge on any atom is -0.367 e. The molecule has 2 aromatic heterocycles. The summed E-state index contributed by atoms with van der Waals surface area (Å²) in [5.41, 5.74) is 6.40. The SMILES string of the molecule is Cc1nc(CNc2nc(N)ns2)cs1. The lowest BCUT2D eigenvalue weighted by atomic mass is 10.5. The summed E-state index contributed by atoms with van der Waals surface area (Å²) in [6.45, 7) is 2.65. The Morgan fingerprint density at radius 1 is 1.50 bits per heavy atom. The van der Waals surface area contributed by atoms with E-state index < -0.39 is 0 Å². The van der Waals surface area contributed by atoms with Gasteiger partial charge in [0.1, 0.15) is 0 Å². The van der Waals surface area contributed by atoms with Crippen molar-refractivity contribution in [2.45, 2.75) is 13.5 Å². The second kappa shape index (κ2) is 3.89. The molecule has 0 atom stereocenters. The highest BCUT2D eigenvalue weighted by atomic mass is 32.1. The lowest BCUT2D eigenvalue weighted by Crippen LogP contribution is -1.99. The van der Waals surface area contributed by atoms with E-state index in [4.69, 9.17) is 5.73 Å². The highest BCUT2D eigenvalue weighted by Gasteiger charge is 2.01. The van der Waals surface area contributed by atoms with E-state index in [0.717, 1.165) is 15.8 Å². The summed E-state index contributed by atoms with van der Waals surface area (Å²) in [4.78, 5) is 8.30. The predicted molar refractivity (Wildman–Crippen MR) is 58.5 cm³/mol. The second-order valence-corrected chi connectivity index (χ2v) is 4.48. The van der Waals surface area contributed by atoms with Crippen LogP contribution in [0.1, 0.15) is 10.7 Å². The average molecular weight is 227 g/mol. The molecule has 0 fully saturated rings. The van der Waals surface area contributed by atoms with E-state index in [-0.39, 0.29) is 0 Å². The van der Waals surface area contributed by atoms with Crippen LogP contribution in [-0.2, 0) is 6.54 Å². The lowest BCUT2D eigenvalue weighted by molar-refractivity contribution is 1.05. The zero-order chi connectivity index (χ0) is 9.97. The Hall–Kier alpha value is -1.21. The Bertz CT molecular complexity index is 381. The van der Waals surface area contributed by atoms with Gasteiger partial charge in [-0.3, -0.25) is 0 Å². The summed E-state index contributed by atoms with van der Waals surface area (Å²) in [7, 11) is 0. The van der Waals surface area contributed by atoms with E-state index in [2.05, 4.69) is 19.7 Å². The number of hydrogen-bond acceptors (Lipinski definition) is 7. The highest BCUT2D eigenvalue weighted by molar-refractivity contribution is 7.10. The zero-order valence-electron chi connectivity index (χ0n) is 7.52. The van der Waals surface area contributed by atoms with Crippen LogP contribution in [0.4, 0.5) is 11.1 Å². The maximum absolute atomic E-state index is 5.39. The molecule has 0 saturated carbocycles. The van der Waals surface area contributed by atoms with Crippen LogP contribution in [0.15, 0.2) is 5.38 Å². The molecule has 0 aliphatic heterocycles. The van der Waals surface area contributed by atoms with Crippen LogP contribution in [0.5, 0.6) is 0 Å². The molecule has 0 aromatic carbocycles. The summed E-state index contributed by atoms with van der Waals surface area (Å²) >= 11 is 2.89. The van der Waals surface area contributed by atoms with Crippen molar-refractivity contribution in [1.29, 1.82) is 0 Å². The van der Waals surface area contributed by atoms with Gasteiger partial charge in [-0.2, -0.15) is 9.36 Å². The van der Waals surface area contributed by atoms with Crippen LogP contribution in [-0.4, -0.2) is 14.3 Å². The number of nitrogens with two attached hydrogens (primary N) is 1. The van der Waals surface area contributed by atoms with Crippen LogP contribution >= 0.6 is 22.9 Å². The van der Waals surface area contributed by atoms with Crippen molar-refractivity contribution in [3.63, 3.8) is 0 Å². The van der Waals surface area contributed by atoms with Gasteiger partial charge in [0.05, 0.1) is 17.2 Å². The van der Waals surface area contributed by atoms with Crippen LogP contribution < -0.4 is 11.1 Å². The van der Waals surface area contributed by atoms with E-state index >= 15 is 0 Å². The quantitative estimate of drug-likeness (QED) is 0.831. The van der Waals surface area contributed by atoms with Crippen LogP contribution in [0.25, 0.3) is 0 Å². The smallest absolute Gasteiger partial charge is 0.233 e. The third-order valence-electron chi connectivity index (χ3n) is 1.53. The summed E-state index contributed by atoms with van der Waals surface area (Å²) < 4.78 is 3.86. The van der Waals surface area contributed by atoms with Gasteiger partial charge < -0.3 is 11.1 Å². The normalized spacial score (nSPS) is 10.4. The fourth-order valence-electron chi connectivity index (χ4n) is 0.962. The number of nitrogens with zero attached hydrogens (tertiary/aromatic N) is 3. The van der Waals surface area contributed by atoms with Crippen molar-refractivity contribution in [2.24, 2.45) is 0 Å². The topological polar surface area (TPSA) is 76.7 Å². The molecule has 2 rings (SSSR count). The van der Waals surface area contributed by atoms with Gasteiger partial charge in [0.15, 0.2) is 0 Å². The molecule has 7 heteroatoms. The van der Waals surface area contributed by atoms with E-state index in [1.54, 1.807) is 11.3 Å². The number of anilines is 2. The third-order valence-corrected chi connectivity index (χ3v) is 3.04. The summed E-state index contributed by atoms with van der Waals surface area (Å²) in [5.74, 6) is 0.312. The van der Waals surface area contributed by atoms with E-state index in [1.807, 2.05) is 12.3 Å². The zero-order valence-corrected chi connectivity index (χ0v) is 9.15. The summed E-state index contributed by atoms with van der Waals surface area (Å²) in [5, 5.41) is 6.92. The molecule has 0 aliphatic carbocycles. The maximum Gasteiger partial charge on any atom is 0.233 e. The van der Waals surface area contributed by atoms with Crippen molar-refractivity contribution in [2.75, 3.05) is 11.1 Å². The van der Waals surface area contributed by atoms with Crippen molar-refractivity contribution in [3.8, 4) is 0 Å². The number of aryl methyl sites for hydroxylation is 1. The summed E-state index contributed by atoms with van der Waals surface area (Å²) in [6, 6.07) is 0. The standard InChI is InChI=1S/C7H9N5S2/c1-4-10-5(3-13-4)2-9-7-11-6(8)12-14-7/h3H,2H2,1H3,(H3,8,9,11,12). The minimum atomic E-state index is 0.312. The molecule has 0 radical (unpaired) electrons. The Kier molecular flexibility index (Phi) is 2.60. The number of thiazole rings is 1. The average Bonchev–Trinajstić information content (AvgIpc) is 2.72. The van der Waals surface area contributed by atoms with Crippen molar-refractivity contribution >= 4 is 33.9 Å². The largest absolute Gasteiger partial charge is 0.367 e. The van der Waals surface area contributed by atoms with Crippen molar-refractivity contribution in [1.82, 2.24) is 14.3 Å². The Balaban J connectivity index is 1.94. The Morgan fingerprint density at radius 3 is 2.93 bits per heavy atom. The number of aromatic nitrogens is 3. The molecule has 2 heterocycles. The second-order valence-electron chi connectivity index (χ2n) is 2.67. The Labute approximate surface area is 89.2 Å². The minimum absolute atomic E-state index is 0.312. The molecular formula is C7H9N5S2. The molecule has 74 valence electrons. The number of rotatable bonds is 3. The first kappa shape index (κ1) is 9.35. The fourth-order valence-corrected chi connectivity index (χ4v) is 2.07. The van der Waals surface area contributed by atoms with Gasteiger partial charge >= 0.3 is 0 Å². The van der Waals surface area contributed by atoms with Gasteiger partial charge in [0.25, 0.3) is 0 Å². The van der Waals surface area contributed by atoms with Crippen molar-refractivity contribution in [3.05, 3.63) is 16.1 Å². The molecule has 0 saturated heterocycles. The van der Waals surface area contributed by atoms with E-state index in [0.29, 0.717) is 12.5 Å². The molecular weight excluding hydrogens is 218 g/mol. The molecule has 3 N–H and O–H groups in total. The third kappa shape index (κ3) is 2.18. The lowest BCUT2D eigenvalue weighted by Gasteiger charge is -1.96. The molecule has 5 nitrogen and oxygen atoms in total. The van der Waals surface area contributed by atoms with Gasteiger partial charge in [0, 0.05) is 16.9 Å². The number of nitrogen functional groups attached to an aromatic ring is 1. The first-order valence-corrected chi connectivity index (χ1v) is 5.63. The van der Waals surface area contributed by atoms with Crippen LogP contribution in [0.2, 0.25) is 0 Å². The molecule has 0 amide bonds. The van der Waals surface area contributed by atoms with E-state index in [9.17, 15) is 0 Å². The molecule has 2 aromatic rings. The summed E-state index contributed by atoms with van der Waals surface area (Å²) in [6.07, 6.45) is 0. The van der Waals surface area contributed by atoms with Gasteiger partial charge in [0.2, 0.25) is 11.1 Å². The molecule has 0 unspecified atom stereocenters. The molecule has 0 bridgehead atoms. The van der Waals surface area contributed by atoms with Gasteiger partial charge in [-0.1, -0.05) is 0 Å². The monoisotopic (exact) mass is 227 g/mol. The van der Waals surface area contributed by atoms with E-state index in [1.165, 1.54) is 11.5 Å². The van der Waals surface area contributed by atoms with Gasteiger partial charge in [-0.05, 0) is 6.92 Å². The van der Waals surface area contributed by atoms with Gasteiger partial charge in [-0.25, -0.2) is 4.98 Å². The first-order valence-electron chi connectivity index (χ1n) is 3.98. The molecule has 0 aliphatic rings. The number of nitrogens with one attached hydrogen (secondary N) is 1. The first-order chi connectivity index (χ1) is 6.74. The number of hydrogen-bond donors (Lipinski definition) is 2.